The summed E-state index contributed by atoms with van der Waals surface area (Å²) in [7, 11) is 0. The van der Waals surface area contributed by atoms with E-state index in [1.54, 1.807) is 26.0 Å². The van der Waals surface area contributed by atoms with E-state index in [-0.39, 0.29) is 12.2 Å². The number of carboxylic acids is 3. The molecule has 0 aliphatic carbocycles. The zero-order chi connectivity index (χ0) is 35.8. The highest BCUT2D eigenvalue weighted by atomic mass is 16.4. The first-order valence-corrected chi connectivity index (χ1v) is 14.9. The van der Waals surface area contributed by atoms with Crippen LogP contribution in [0.1, 0.15) is 65.4 Å². The quantitative estimate of drug-likeness (QED) is 0.0833. The van der Waals surface area contributed by atoms with Crippen LogP contribution >= 0.6 is 0 Å². The molecule has 0 aliphatic rings. The van der Waals surface area contributed by atoms with Crippen LogP contribution in [-0.4, -0.2) is 98.1 Å². The fourth-order valence-electron chi connectivity index (χ4n) is 4.28. The first-order chi connectivity index (χ1) is 21.9. The van der Waals surface area contributed by atoms with Crippen LogP contribution in [-0.2, 0) is 44.8 Å². The summed E-state index contributed by atoms with van der Waals surface area (Å²) in [5.41, 5.74) is 0.593. The molecule has 17 nitrogen and oxygen atoms in total. The Hall–Kier alpha value is -5.22. The molecule has 6 atom stereocenters. The second-order valence-electron chi connectivity index (χ2n) is 11.1. The van der Waals surface area contributed by atoms with Gasteiger partial charge in [0, 0.05) is 26.2 Å². The zero-order valence-electron chi connectivity index (χ0n) is 26.6. The third-order valence-electron chi connectivity index (χ3n) is 7.16. The summed E-state index contributed by atoms with van der Waals surface area (Å²) in [5, 5.41) is 49.0. The molecule has 1 aromatic carbocycles. The molecule has 0 bridgehead atoms. The number of hydrogen-bond acceptors (Lipinski definition) is 9. The van der Waals surface area contributed by atoms with Gasteiger partial charge in [0.05, 0.1) is 0 Å². The average molecular weight is 666 g/mol. The Bertz CT molecular complexity index is 1300. The summed E-state index contributed by atoms with van der Waals surface area (Å²) >= 11 is 0. The Kier molecular flexibility index (Phi) is 16.4. The SMILES string of the molecule is CC[C@H](C)[C@H](NC(=O)[C@H](CCC(=O)O)NC(=O)[C@H](C)NC(=O)[C@H](Cc1ccc(O)cc1)NC(C)=O)C(=O)N[C@@H](CCC(=O)O)C(=O)O. The van der Waals surface area contributed by atoms with Gasteiger partial charge in [0.1, 0.15) is 36.0 Å². The fraction of sp³-hybridized carbons (Fsp3) is 0.533. The number of carbonyl (C=O) groups is 8. The summed E-state index contributed by atoms with van der Waals surface area (Å²) in [5.74, 6) is -8.66. The van der Waals surface area contributed by atoms with Crippen molar-refractivity contribution in [3.05, 3.63) is 29.8 Å². The summed E-state index contributed by atoms with van der Waals surface area (Å²) in [6, 6.07) is -0.901. The van der Waals surface area contributed by atoms with Gasteiger partial charge in [-0.15, -0.1) is 0 Å². The molecule has 0 aliphatic heterocycles. The lowest BCUT2D eigenvalue weighted by Crippen LogP contribution is -2.59. The van der Waals surface area contributed by atoms with Crippen molar-refractivity contribution in [3.63, 3.8) is 0 Å². The van der Waals surface area contributed by atoms with Crippen molar-refractivity contribution < 1.29 is 58.8 Å². The molecular formula is C30H43N5O12. The van der Waals surface area contributed by atoms with Crippen LogP contribution in [0.3, 0.4) is 0 Å². The van der Waals surface area contributed by atoms with Gasteiger partial charge >= 0.3 is 17.9 Å². The lowest BCUT2D eigenvalue weighted by molar-refractivity contribution is -0.143. The summed E-state index contributed by atoms with van der Waals surface area (Å²) < 4.78 is 0. The maximum atomic E-state index is 13.3. The van der Waals surface area contributed by atoms with E-state index in [1.165, 1.54) is 26.0 Å². The standard InChI is InChI=1S/C30H43N5O12/c1-5-15(2)25(29(45)34-21(30(46)47)11-13-24(40)41)35-27(43)20(10-12-23(38)39)33-26(42)16(3)31-28(44)22(32-17(4)36)14-18-6-8-19(37)9-7-18/h6-9,15-16,20-22,25,37H,5,10-14H2,1-4H3,(H,31,44)(H,32,36)(H,33,42)(H,34,45)(H,35,43)(H,38,39)(H,40,41)(H,46,47)/t15-,16-,20-,21-,22-,25-/m0/s1. The molecule has 17 heteroatoms. The lowest BCUT2D eigenvalue weighted by atomic mass is 9.96. The maximum absolute atomic E-state index is 13.3. The van der Waals surface area contributed by atoms with E-state index in [1.807, 2.05) is 0 Å². The van der Waals surface area contributed by atoms with E-state index < -0.39 is 109 Å². The molecule has 0 radical (unpaired) electrons. The maximum Gasteiger partial charge on any atom is 0.326 e. The van der Waals surface area contributed by atoms with Gasteiger partial charge in [-0.25, -0.2) is 4.79 Å². The van der Waals surface area contributed by atoms with Crippen LogP contribution in [0.25, 0.3) is 0 Å². The van der Waals surface area contributed by atoms with E-state index in [0.29, 0.717) is 12.0 Å². The predicted octanol–water partition coefficient (Wildman–Crippen LogP) is -0.741. The fourth-order valence-corrected chi connectivity index (χ4v) is 4.28. The largest absolute Gasteiger partial charge is 0.508 e. The Labute approximate surface area is 270 Å². The van der Waals surface area contributed by atoms with Gasteiger partial charge in [-0.2, -0.15) is 0 Å². The van der Waals surface area contributed by atoms with Gasteiger partial charge in [0.2, 0.25) is 29.5 Å². The molecule has 47 heavy (non-hydrogen) atoms. The highest BCUT2D eigenvalue weighted by Gasteiger charge is 2.33. The van der Waals surface area contributed by atoms with Crippen molar-refractivity contribution in [3.8, 4) is 5.75 Å². The molecule has 0 fully saturated rings. The second-order valence-corrected chi connectivity index (χ2v) is 11.1. The molecule has 1 aromatic rings. The van der Waals surface area contributed by atoms with Crippen molar-refractivity contribution in [1.82, 2.24) is 26.6 Å². The Balaban J connectivity index is 3.09. The van der Waals surface area contributed by atoms with E-state index in [4.69, 9.17) is 5.11 Å². The number of benzene rings is 1. The highest BCUT2D eigenvalue weighted by molar-refractivity contribution is 5.96. The molecule has 9 N–H and O–H groups in total. The molecule has 1 rings (SSSR count). The van der Waals surface area contributed by atoms with Crippen molar-refractivity contribution in [2.24, 2.45) is 5.92 Å². The van der Waals surface area contributed by atoms with E-state index in [2.05, 4.69) is 26.6 Å². The van der Waals surface area contributed by atoms with Gasteiger partial charge in [0.25, 0.3) is 0 Å². The van der Waals surface area contributed by atoms with Crippen molar-refractivity contribution in [2.75, 3.05) is 0 Å². The smallest absolute Gasteiger partial charge is 0.326 e. The molecule has 0 saturated carbocycles. The van der Waals surface area contributed by atoms with Crippen LogP contribution in [0.15, 0.2) is 24.3 Å². The predicted molar refractivity (Wildman–Crippen MR) is 164 cm³/mol. The number of nitrogens with one attached hydrogen (secondary N) is 5. The van der Waals surface area contributed by atoms with Crippen LogP contribution in [0.4, 0.5) is 0 Å². The minimum absolute atomic E-state index is 0.00245. The number of aliphatic carboxylic acids is 3. The van der Waals surface area contributed by atoms with Gasteiger partial charge in [-0.3, -0.25) is 33.6 Å². The number of rotatable bonds is 20. The number of amides is 5. The number of aromatic hydroxyl groups is 1. The third kappa shape index (κ3) is 14.6. The third-order valence-corrected chi connectivity index (χ3v) is 7.16. The molecule has 0 saturated heterocycles. The Morgan fingerprint density at radius 3 is 1.66 bits per heavy atom. The van der Waals surface area contributed by atoms with E-state index in [0.717, 1.165) is 0 Å². The van der Waals surface area contributed by atoms with Crippen LogP contribution < -0.4 is 26.6 Å². The zero-order valence-corrected chi connectivity index (χ0v) is 26.6. The number of carboxylic acid groups (broad SMARTS) is 3. The van der Waals surface area contributed by atoms with Crippen LogP contribution in [0, 0.1) is 5.92 Å². The lowest BCUT2D eigenvalue weighted by Gasteiger charge is -2.28. The number of hydrogen-bond donors (Lipinski definition) is 9. The van der Waals surface area contributed by atoms with Crippen LogP contribution in [0.2, 0.25) is 0 Å². The Morgan fingerprint density at radius 2 is 1.17 bits per heavy atom. The van der Waals surface area contributed by atoms with E-state index in [9.17, 15) is 53.7 Å². The van der Waals surface area contributed by atoms with Gasteiger partial charge in [-0.1, -0.05) is 32.4 Å². The summed E-state index contributed by atoms with van der Waals surface area (Å²) in [6.07, 6.45) is -1.59. The summed E-state index contributed by atoms with van der Waals surface area (Å²) in [4.78, 5) is 98.0. The number of phenols is 1. The highest BCUT2D eigenvalue weighted by Crippen LogP contribution is 2.13. The molecule has 0 aromatic heterocycles. The minimum Gasteiger partial charge on any atom is -0.508 e. The number of carbonyl (C=O) groups excluding carboxylic acids is 5. The van der Waals surface area contributed by atoms with Crippen molar-refractivity contribution >= 4 is 47.4 Å². The molecule has 0 heterocycles. The van der Waals surface area contributed by atoms with Crippen molar-refractivity contribution in [1.29, 1.82) is 0 Å². The van der Waals surface area contributed by atoms with Gasteiger partial charge in [-0.05, 0) is 43.4 Å². The topological polar surface area (TPSA) is 278 Å². The van der Waals surface area contributed by atoms with Crippen LogP contribution in [0.5, 0.6) is 5.75 Å². The molecule has 260 valence electrons. The number of phenolic OH excluding ortho intramolecular Hbond substituents is 1. The minimum atomic E-state index is -1.57. The average Bonchev–Trinajstić information content (AvgIpc) is 2.99. The first-order valence-electron chi connectivity index (χ1n) is 14.9. The molecule has 0 unspecified atom stereocenters. The van der Waals surface area contributed by atoms with Crippen molar-refractivity contribution in [2.45, 2.75) is 96.4 Å². The van der Waals surface area contributed by atoms with E-state index >= 15 is 0 Å². The normalized spacial score (nSPS) is 14.6. The molecular weight excluding hydrogens is 622 g/mol. The first kappa shape index (κ1) is 39.8. The Morgan fingerprint density at radius 1 is 0.660 bits per heavy atom. The monoisotopic (exact) mass is 665 g/mol. The van der Waals surface area contributed by atoms with Gasteiger partial charge < -0.3 is 47.0 Å². The summed E-state index contributed by atoms with van der Waals surface area (Å²) in [6.45, 7) is 5.77. The van der Waals surface area contributed by atoms with Gasteiger partial charge in [0.15, 0.2) is 0 Å². The molecule has 0 spiro atoms. The second kappa shape index (κ2) is 19.3. The molecule has 5 amide bonds.